The molecule has 0 aliphatic heterocycles. The van der Waals surface area contributed by atoms with Gasteiger partial charge in [-0.2, -0.15) is 5.26 Å². The van der Waals surface area contributed by atoms with E-state index in [9.17, 15) is 13.2 Å². The molecule has 0 aliphatic rings. The highest BCUT2D eigenvalue weighted by Gasteiger charge is 2.23. The fourth-order valence-electron chi connectivity index (χ4n) is 0.981. The molecule has 0 fully saturated rings. The Kier molecular flexibility index (Phi) is 2.52. The Bertz CT molecular complexity index is 381. The summed E-state index contributed by atoms with van der Waals surface area (Å²) in [5.74, 6) is -4.06. The SMILES string of the molecule is CC(C)(C#N)c1cc(F)c(F)c(F)c1. The third kappa shape index (κ3) is 1.72. The van der Waals surface area contributed by atoms with Gasteiger partial charge in [0.2, 0.25) is 0 Å². The third-order valence-corrected chi connectivity index (χ3v) is 1.99. The Morgan fingerprint density at radius 2 is 1.57 bits per heavy atom. The first-order valence-corrected chi connectivity index (χ1v) is 3.95. The van der Waals surface area contributed by atoms with E-state index in [4.69, 9.17) is 5.26 Å². The van der Waals surface area contributed by atoms with Crippen molar-refractivity contribution in [2.45, 2.75) is 19.3 Å². The third-order valence-electron chi connectivity index (χ3n) is 1.99. The predicted molar refractivity (Wildman–Crippen MR) is 45.0 cm³/mol. The molecule has 0 unspecified atom stereocenters. The first kappa shape index (κ1) is 10.6. The van der Waals surface area contributed by atoms with Gasteiger partial charge in [-0.15, -0.1) is 0 Å². The summed E-state index contributed by atoms with van der Waals surface area (Å²) in [4.78, 5) is 0. The molecule has 0 atom stereocenters. The molecule has 1 rings (SSSR count). The molecule has 0 amide bonds. The van der Waals surface area contributed by atoms with E-state index in [0.717, 1.165) is 12.1 Å². The molecule has 0 saturated carbocycles. The second kappa shape index (κ2) is 3.33. The molecule has 0 radical (unpaired) electrons. The van der Waals surface area contributed by atoms with Gasteiger partial charge in [0.1, 0.15) is 0 Å². The number of nitriles is 1. The van der Waals surface area contributed by atoms with Gasteiger partial charge in [-0.05, 0) is 31.5 Å². The normalized spacial score (nSPS) is 11.1. The second-order valence-corrected chi connectivity index (χ2v) is 3.49. The van der Waals surface area contributed by atoms with Crippen LogP contribution >= 0.6 is 0 Å². The number of hydrogen-bond donors (Lipinski definition) is 0. The fraction of sp³-hybridized carbons (Fsp3) is 0.300. The van der Waals surface area contributed by atoms with Crippen molar-refractivity contribution in [1.82, 2.24) is 0 Å². The highest BCUT2D eigenvalue weighted by atomic mass is 19.2. The van der Waals surface area contributed by atoms with Crippen LogP contribution < -0.4 is 0 Å². The lowest BCUT2D eigenvalue weighted by Crippen LogP contribution is -2.15. The summed E-state index contributed by atoms with van der Waals surface area (Å²) in [5.41, 5.74) is -0.911. The zero-order valence-corrected chi connectivity index (χ0v) is 7.74. The van der Waals surface area contributed by atoms with E-state index >= 15 is 0 Å². The van der Waals surface area contributed by atoms with Crippen LogP contribution in [-0.2, 0) is 5.41 Å². The fourth-order valence-corrected chi connectivity index (χ4v) is 0.981. The molecule has 74 valence electrons. The molecule has 1 aromatic carbocycles. The Labute approximate surface area is 79.8 Å². The quantitative estimate of drug-likeness (QED) is 0.638. The van der Waals surface area contributed by atoms with Gasteiger partial charge in [-0.1, -0.05) is 0 Å². The lowest BCUT2D eigenvalue weighted by molar-refractivity contribution is 0.442. The number of rotatable bonds is 1. The van der Waals surface area contributed by atoms with Crippen LogP contribution in [0.5, 0.6) is 0 Å². The van der Waals surface area contributed by atoms with Crippen molar-refractivity contribution in [2.75, 3.05) is 0 Å². The van der Waals surface area contributed by atoms with Crippen molar-refractivity contribution < 1.29 is 13.2 Å². The van der Waals surface area contributed by atoms with Crippen molar-refractivity contribution in [3.8, 4) is 6.07 Å². The van der Waals surface area contributed by atoms with Crippen LogP contribution in [-0.4, -0.2) is 0 Å². The van der Waals surface area contributed by atoms with Crippen LogP contribution in [0, 0.1) is 28.8 Å². The minimum Gasteiger partial charge on any atom is -0.204 e. The summed E-state index contributed by atoms with van der Waals surface area (Å²) < 4.78 is 38.1. The summed E-state index contributed by atoms with van der Waals surface area (Å²) >= 11 is 0. The number of benzene rings is 1. The molecule has 1 nitrogen and oxygen atoms in total. The first-order chi connectivity index (χ1) is 6.38. The molecule has 0 bridgehead atoms. The molecular weight excluding hydrogens is 191 g/mol. The average Bonchev–Trinajstić information content (AvgIpc) is 2.13. The lowest BCUT2D eigenvalue weighted by atomic mass is 9.86. The second-order valence-electron chi connectivity index (χ2n) is 3.49. The molecule has 0 saturated heterocycles. The van der Waals surface area contributed by atoms with Gasteiger partial charge in [0, 0.05) is 0 Å². The Morgan fingerprint density at radius 1 is 1.14 bits per heavy atom. The van der Waals surface area contributed by atoms with Gasteiger partial charge in [0.15, 0.2) is 17.5 Å². The highest BCUT2D eigenvalue weighted by molar-refractivity contribution is 5.31. The molecule has 4 heteroatoms. The lowest BCUT2D eigenvalue weighted by Gasteiger charge is -2.15. The van der Waals surface area contributed by atoms with Gasteiger partial charge in [-0.3, -0.25) is 0 Å². The zero-order valence-electron chi connectivity index (χ0n) is 7.74. The number of halogens is 3. The summed E-state index contributed by atoms with van der Waals surface area (Å²) in [6.45, 7) is 3.00. The zero-order chi connectivity index (χ0) is 10.9. The van der Waals surface area contributed by atoms with E-state index in [1.54, 1.807) is 0 Å². The van der Waals surface area contributed by atoms with Crippen molar-refractivity contribution in [3.05, 3.63) is 35.1 Å². The van der Waals surface area contributed by atoms with Crippen LogP contribution in [0.2, 0.25) is 0 Å². The standard InChI is InChI=1S/C10H8F3N/c1-10(2,5-14)6-3-7(11)9(13)8(12)4-6/h3-4H,1-2H3. The topological polar surface area (TPSA) is 23.8 Å². The van der Waals surface area contributed by atoms with Gasteiger partial charge < -0.3 is 0 Å². The van der Waals surface area contributed by atoms with Gasteiger partial charge in [0.05, 0.1) is 11.5 Å². The first-order valence-electron chi connectivity index (χ1n) is 3.95. The maximum atomic E-state index is 12.8. The van der Waals surface area contributed by atoms with Crippen LogP contribution in [0.25, 0.3) is 0 Å². The smallest absolute Gasteiger partial charge is 0.194 e. The van der Waals surface area contributed by atoms with E-state index in [-0.39, 0.29) is 5.56 Å². The minimum absolute atomic E-state index is 0.122. The van der Waals surface area contributed by atoms with Crippen LogP contribution in [0.4, 0.5) is 13.2 Å². The highest BCUT2D eigenvalue weighted by Crippen LogP contribution is 2.25. The van der Waals surface area contributed by atoms with Crippen molar-refractivity contribution >= 4 is 0 Å². The van der Waals surface area contributed by atoms with E-state index in [0.29, 0.717) is 0 Å². The predicted octanol–water partition coefficient (Wildman–Crippen LogP) is 2.91. The average molecular weight is 199 g/mol. The van der Waals surface area contributed by atoms with Crippen LogP contribution in [0.1, 0.15) is 19.4 Å². The summed E-state index contributed by atoms with van der Waals surface area (Å²) in [6, 6.07) is 3.55. The molecular formula is C10H8F3N. The molecule has 0 N–H and O–H groups in total. The maximum Gasteiger partial charge on any atom is 0.194 e. The Morgan fingerprint density at radius 3 is 1.93 bits per heavy atom. The van der Waals surface area contributed by atoms with Gasteiger partial charge >= 0.3 is 0 Å². The van der Waals surface area contributed by atoms with E-state index in [2.05, 4.69) is 0 Å². The Balaban J connectivity index is 3.35. The molecule has 14 heavy (non-hydrogen) atoms. The largest absolute Gasteiger partial charge is 0.204 e. The van der Waals surface area contributed by atoms with Gasteiger partial charge in [0.25, 0.3) is 0 Å². The number of nitrogens with zero attached hydrogens (tertiary/aromatic N) is 1. The summed E-state index contributed by atoms with van der Waals surface area (Å²) in [6.07, 6.45) is 0. The summed E-state index contributed by atoms with van der Waals surface area (Å²) in [7, 11) is 0. The molecule has 0 aromatic heterocycles. The molecule has 0 spiro atoms. The van der Waals surface area contributed by atoms with Crippen molar-refractivity contribution in [3.63, 3.8) is 0 Å². The number of hydrogen-bond acceptors (Lipinski definition) is 1. The van der Waals surface area contributed by atoms with Crippen LogP contribution in [0.3, 0.4) is 0 Å². The van der Waals surface area contributed by atoms with Crippen LogP contribution in [0.15, 0.2) is 12.1 Å². The van der Waals surface area contributed by atoms with Crippen molar-refractivity contribution in [1.29, 1.82) is 5.26 Å². The monoisotopic (exact) mass is 199 g/mol. The van der Waals surface area contributed by atoms with Crippen molar-refractivity contribution in [2.24, 2.45) is 0 Å². The molecule has 0 aliphatic carbocycles. The van der Waals surface area contributed by atoms with E-state index in [1.807, 2.05) is 6.07 Å². The molecule has 0 heterocycles. The minimum atomic E-state index is -1.51. The Hall–Kier alpha value is -1.50. The van der Waals surface area contributed by atoms with Gasteiger partial charge in [-0.25, -0.2) is 13.2 Å². The van der Waals surface area contributed by atoms with E-state index in [1.165, 1.54) is 13.8 Å². The van der Waals surface area contributed by atoms with E-state index < -0.39 is 22.9 Å². The molecule has 1 aromatic rings. The maximum absolute atomic E-state index is 12.8. The summed E-state index contributed by atoms with van der Waals surface area (Å²) in [5, 5.41) is 8.71.